The molecule has 0 saturated heterocycles. The fraction of sp³-hybridized carbons (Fsp3) is 0.100. The molecule has 0 spiro atoms. The Bertz CT molecular complexity index is 589. The maximum atomic E-state index is 11.7. The van der Waals surface area contributed by atoms with Crippen LogP contribution in [0.3, 0.4) is 0 Å². The summed E-state index contributed by atoms with van der Waals surface area (Å²) < 4.78 is 1.04. The zero-order chi connectivity index (χ0) is 9.97. The number of hydrogen-bond acceptors (Lipinski definition) is 3. The van der Waals surface area contributed by atoms with Gasteiger partial charge in [0.1, 0.15) is 5.52 Å². The second-order valence-electron chi connectivity index (χ2n) is 2.69. The normalized spacial score (nSPS) is 9.50. The first-order valence-electron chi connectivity index (χ1n) is 4.10. The van der Waals surface area contributed by atoms with Crippen LogP contribution in [0.25, 0.3) is 10.9 Å². The molecule has 0 saturated carbocycles. The van der Waals surface area contributed by atoms with Gasteiger partial charge in [0.15, 0.2) is 0 Å². The van der Waals surface area contributed by atoms with Crippen LogP contribution in [0, 0.1) is 12.0 Å². The molecule has 4 heteroatoms. The van der Waals surface area contributed by atoms with Gasteiger partial charge in [-0.1, -0.05) is 23.3 Å². The number of nitrogens with zero attached hydrogens (tertiary/aromatic N) is 3. The van der Waals surface area contributed by atoms with E-state index in [4.69, 9.17) is 0 Å². The second-order valence-corrected chi connectivity index (χ2v) is 2.69. The van der Waals surface area contributed by atoms with Crippen molar-refractivity contribution in [2.24, 2.45) is 0 Å². The Morgan fingerprint density at radius 3 is 2.93 bits per heavy atom. The lowest BCUT2D eigenvalue weighted by atomic mass is 10.2. The Balaban J connectivity index is 2.86. The van der Waals surface area contributed by atoms with Crippen molar-refractivity contribution < 1.29 is 0 Å². The van der Waals surface area contributed by atoms with E-state index >= 15 is 0 Å². The molecule has 68 valence electrons. The van der Waals surface area contributed by atoms with Crippen molar-refractivity contribution in [2.45, 2.75) is 6.92 Å². The molecule has 0 aliphatic rings. The molecule has 0 aliphatic carbocycles. The Labute approximate surface area is 80.2 Å². The van der Waals surface area contributed by atoms with Crippen LogP contribution in [0.1, 0.15) is 6.92 Å². The lowest BCUT2D eigenvalue weighted by Crippen LogP contribution is -2.20. The molecule has 1 heterocycles. The Kier molecular flexibility index (Phi) is 1.99. The van der Waals surface area contributed by atoms with E-state index in [-0.39, 0.29) is 5.56 Å². The third-order valence-electron chi connectivity index (χ3n) is 1.79. The fourth-order valence-electron chi connectivity index (χ4n) is 1.17. The zero-order valence-electron chi connectivity index (χ0n) is 7.56. The molecule has 1 aromatic heterocycles. The van der Waals surface area contributed by atoms with Crippen LogP contribution in [0.5, 0.6) is 0 Å². The summed E-state index contributed by atoms with van der Waals surface area (Å²) in [6.45, 7) is 1.64. The standard InChI is InChI=1S/C10H7N3O/c1-2-7-13-10(14)8-5-3-4-6-9(8)11-12-13/h3-6H,1H3. The van der Waals surface area contributed by atoms with E-state index in [1.807, 2.05) is 6.07 Å². The van der Waals surface area contributed by atoms with Gasteiger partial charge < -0.3 is 0 Å². The molecule has 0 N–H and O–H groups in total. The van der Waals surface area contributed by atoms with E-state index in [2.05, 4.69) is 22.3 Å². The Morgan fingerprint density at radius 1 is 1.36 bits per heavy atom. The van der Waals surface area contributed by atoms with Crippen LogP contribution in [-0.4, -0.2) is 15.0 Å². The smallest absolute Gasteiger partial charge is 0.266 e. The minimum Gasteiger partial charge on any atom is -0.266 e. The number of aromatic nitrogens is 3. The van der Waals surface area contributed by atoms with Crippen LogP contribution in [0.2, 0.25) is 0 Å². The summed E-state index contributed by atoms with van der Waals surface area (Å²) in [5.41, 5.74) is 0.358. The average molecular weight is 185 g/mol. The topological polar surface area (TPSA) is 47.8 Å². The van der Waals surface area contributed by atoms with Crippen LogP contribution in [0.15, 0.2) is 29.1 Å². The zero-order valence-corrected chi connectivity index (χ0v) is 7.56. The number of rotatable bonds is 0. The van der Waals surface area contributed by atoms with Gasteiger partial charge in [0, 0.05) is 6.04 Å². The lowest BCUT2D eigenvalue weighted by Gasteiger charge is -1.95. The molecule has 0 fully saturated rings. The molecule has 0 radical (unpaired) electrons. The molecule has 4 nitrogen and oxygen atoms in total. The van der Waals surface area contributed by atoms with Gasteiger partial charge in [0.2, 0.25) is 0 Å². The highest BCUT2D eigenvalue weighted by Gasteiger charge is 2.01. The minimum atomic E-state index is -0.232. The summed E-state index contributed by atoms with van der Waals surface area (Å²) in [4.78, 5) is 11.7. The number of fused-ring (bicyclic) bond motifs is 1. The molecule has 0 atom stereocenters. The van der Waals surface area contributed by atoms with E-state index in [1.54, 1.807) is 25.1 Å². The van der Waals surface area contributed by atoms with Crippen LogP contribution < -0.4 is 5.56 Å². The Hall–Kier alpha value is -2.15. The van der Waals surface area contributed by atoms with Gasteiger partial charge in [-0.25, -0.2) is 0 Å². The van der Waals surface area contributed by atoms with Crippen molar-refractivity contribution in [3.8, 4) is 12.0 Å². The third-order valence-corrected chi connectivity index (χ3v) is 1.79. The van der Waals surface area contributed by atoms with Gasteiger partial charge in [0.05, 0.1) is 5.39 Å². The maximum Gasteiger partial charge on any atom is 0.289 e. The van der Waals surface area contributed by atoms with Crippen molar-refractivity contribution >= 4 is 10.9 Å². The number of benzene rings is 1. The molecule has 2 aromatic rings. The van der Waals surface area contributed by atoms with E-state index in [0.717, 1.165) is 4.68 Å². The average Bonchev–Trinajstić information content (AvgIpc) is 2.23. The van der Waals surface area contributed by atoms with Gasteiger partial charge in [-0.15, -0.1) is 9.78 Å². The van der Waals surface area contributed by atoms with Gasteiger partial charge in [-0.05, 0) is 19.1 Å². The largest absolute Gasteiger partial charge is 0.289 e. The molecule has 2 rings (SSSR count). The van der Waals surface area contributed by atoms with Crippen LogP contribution >= 0.6 is 0 Å². The minimum absolute atomic E-state index is 0.232. The summed E-state index contributed by atoms with van der Waals surface area (Å²) in [5.74, 6) is 2.60. The maximum absolute atomic E-state index is 11.7. The van der Waals surface area contributed by atoms with E-state index in [9.17, 15) is 4.79 Å². The van der Waals surface area contributed by atoms with Crippen molar-refractivity contribution in [1.29, 1.82) is 0 Å². The molecular weight excluding hydrogens is 178 g/mol. The van der Waals surface area contributed by atoms with Gasteiger partial charge in [0.25, 0.3) is 5.56 Å². The van der Waals surface area contributed by atoms with Gasteiger partial charge in [-0.3, -0.25) is 4.79 Å². The monoisotopic (exact) mass is 185 g/mol. The highest BCUT2D eigenvalue weighted by molar-refractivity contribution is 5.76. The van der Waals surface area contributed by atoms with Crippen LogP contribution in [-0.2, 0) is 0 Å². The van der Waals surface area contributed by atoms with Gasteiger partial charge >= 0.3 is 0 Å². The molecule has 0 amide bonds. The molecule has 0 unspecified atom stereocenters. The molecule has 0 bridgehead atoms. The SMILES string of the molecule is CC#Cn1nnc2ccccc2c1=O. The molecule has 0 aliphatic heterocycles. The molecular formula is C10H7N3O. The summed E-state index contributed by atoms with van der Waals surface area (Å²) >= 11 is 0. The first kappa shape index (κ1) is 8.45. The number of hydrogen-bond donors (Lipinski definition) is 0. The highest BCUT2D eigenvalue weighted by Crippen LogP contribution is 2.02. The summed E-state index contributed by atoms with van der Waals surface area (Å²) in [6.07, 6.45) is 0. The van der Waals surface area contributed by atoms with E-state index in [1.165, 1.54) is 0 Å². The highest BCUT2D eigenvalue weighted by atomic mass is 16.1. The second kappa shape index (κ2) is 3.30. The van der Waals surface area contributed by atoms with Crippen molar-refractivity contribution in [3.63, 3.8) is 0 Å². The van der Waals surface area contributed by atoms with Crippen molar-refractivity contribution in [2.75, 3.05) is 0 Å². The third kappa shape index (κ3) is 1.25. The molecule has 1 aromatic carbocycles. The predicted molar refractivity (Wildman–Crippen MR) is 52.6 cm³/mol. The molecule has 14 heavy (non-hydrogen) atoms. The van der Waals surface area contributed by atoms with Gasteiger partial charge in [-0.2, -0.15) is 0 Å². The lowest BCUT2D eigenvalue weighted by molar-refractivity contribution is 0.759. The Morgan fingerprint density at radius 2 is 2.14 bits per heavy atom. The summed E-state index contributed by atoms with van der Waals surface area (Å²) in [5, 5.41) is 8.08. The fourth-order valence-corrected chi connectivity index (χ4v) is 1.17. The van der Waals surface area contributed by atoms with Crippen LogP contribution in [0.4, 0.5) is 0 Å². The summed E-state index contributed by atoms with van der Waals surface area (Å²) in [6, 6.07) is 9.60. The van der Waals surface area contributed by atoms with E-state index < -0.39 is 0 Å². The summed E-state index contributed by atoms with van der Waals surface area (Å²) in [7, 11) is 0. The first-order valence-corrected chi connectivity index (χ1v) is 4.10. The first-order chi connectivity index (χ1) is 6.83. The van der Waals surface area contributed by atoms with Crippen molar-refractivity contribution in [3.05, 3.63) is 34.6 Å². The predicted octanol–water partition coefficient (Wildman–Crippen LogP) is 0.620. The quantitative estimate of drug-likeness (QED) is 0.565. The van der Waals surface area contributed by atoms with E-state index in [0.29, 0.717) is 10.9 Å². The van der Waals surface area contributed by atoms with Crippen molar-refractivity contribution in [1.82, 2.24) is 15.0 Å².